The molecule has 9 nitrogen and oxygen atoms in total. The number of esters is 2. The Labute approximate surface area is 407 Å². The second kappa shape index (κ2) is 48.9. The topological polar surface area (TPSA) is 108 Å². The molecule has 0 aromatic carbocycles. The summed E-state index contributed by atoms with van der Waals surface area (Å²) in [7, 11) is 5.97. The highest BCUT2D eigenvalue weighted by Gasteiger charge is 2.25. The first kappa shape index (κ1) is 63.5. The molecule has 0 aromatic rings. The van der Waals surface area contributed by atoms with Crippen LogP contribution in [0.2, 0.25) is 0 Å². The van der Waals surface area contributed by atoms with Crippen molar-refractivity contribution in [3.05, 3.63) is 36.5 Å². The lowest BCUT2D eigenvalue weighted by Gasteiger charge is -2.25. The van der Waals surface area contributed by atoms with E-state index in [2.05, 4.69) is 50.3 Å². The predicted octanol–water partition coefficient (Wildman–Crippen LogP) is 15.7. The van der Waals surface area contributed by atoms with Crippen LogP contribution in [0.5, 0.6) is 0 Å². The Bertz CT molecular complexity index is 1180. The molecule has 0 bridgehead atoms. The Balaban J connectivity index is 4.20. The minimum Gasteiger partial charge on any atom is -0.477 e. The molecule has 0 rings (SSSR count). The van der Waals surface area contributed by atoms with Crippen LogP contribution < -0.4 is 0 Å². The summed E-state index contributed by atoms with van der Waals surface area (Å²) in [5.74, 6) is -2.01. The fourth-order valence-electron chi connectivity index (χ4n) is 7.80. The number of hydrogen-bond acceptors (Lipinski definition) is 7. The summed E-state index contributed by atoms with van der Waals surface area (Å²) < 4.78 is 22.8. The Kier molecular flexibility index (Phi) is 47.1. The summed E-state index contributed by atoms with van der Waals surface area (Å²) in [5.41, 5.74) is 0. The highest BCUT2D eigenvalue weighted by atomic mass is 16.7. The molecule has 0 heterocycles. The fraction of sp³-hybridized carbons (Fsp3) is 0.842. The molecule has 0 aliphatic carbocycles. The zero-order valence-electron chi connectivity index (χ0n) is 43.9. The first-order valence-electron chi connectivity index (χ1n) is 27.7. The minimum absolute atomic E-state index is 0.184. The summed E-state index contributed by atoms with van der Waals surface area (Å²) >= 11 is 0. The first-order chi connectivity index (χ1) is 32.1. The smallest absolute Gasteiger partial charge is 0.361 e. The van der Waals surface area contributed by atoms with E-state index in [9.17, 15) is 19.5 Å². The number of carboxylic acid groups (broad SMARTS) is 1. The highest BCUT2D eigenvalue weighted by Crippen LogP contribution is 2.16. The molecule has 9 heteroatoms. The average Bonchev–Trinajstić information content (AvgIpc) is 3.28. The van der Waals surface area contributed by atoms with Crippen molar-refractivity contribution in [3.63, 3.8) is 0 Å². The molecule has 0 aliphatic heterocycles. The molecule has 0 radical (unpaired) electrons. The minimum atomic E-state index is -1.51. The molecule has 2 atom stereocenters. The Morgan fingerprint density at radius 3 is 1.21 bits per heavy atom. The van der Waals surface area contributed by atoms with E-state index in [-0.39, 0.29) is 32.2 Å². The van der Waals surface area contributed by atoms with Crippen LogP contribution in [-0.4, -0.2) is 87.4 Å². The third-order valence-electron chi connectivity index (χ3n) is 12.1. The van der Waals surface area contributed by atoms with Gasteiger partial charge in [-0.05, 0) is 70.6 Å². The maximum atomic E-state index is 12.8. The number of aliphatic carboxylic acids is 1. The van der Waals surface area contributed by atoms with Gasteiger partial charge in [-0.3, -0.25) is 9.59 Å². The van der Waals surface area contributed by atoms with Gasteiger partial charge in [0.15, 0.2) is 6.10 Å². The van der Waals surface area contributed by atoms with Crippen molar-refractivity contribution in [2.45, 2.75) is 264 Å². The number of hydrogen-bond donors (Lipinski definition) is 1. The van der Waals surface area contributed by atoms with Gasteiger partial charge in [-0.25, -0.2) is 4.79 Å². The van der Waals surface area contributed by atoms with E-state index in [1.807, 2.05) is 21.1 Å². The molecular formula is C57H106NO8+. The molecule has 2 unspecified atom stereocenters. The maximum Gasteiger partial charge on any atom is 0.361 e. The normalized spacial score (nSPS) is 13.0. The molecule has 0 fully saturated rings. The number of quaternary nitrogens is 1. The van der Waals surface area contributed by atoms with Crippen molar-refractivity contribution in [2.75, 3.05) is 47.5 Å². The first-order valence-corrected chi connectivity index (χ1v) is 27.7. The molecule has 0 spiro atoms. The van der Waals surface area contributed by atoms with Gasteiger partial charge in [0.1, 0.15) is 13.2 Å². The van der Waals surface area contributed by atoms with Crippen LogP contribution in [0.25, 0.3) is 0 Å². The van der Waals surface area contributed by atoms with Crippen LogP contribution in [0, 0.1) is 0 Å². The van der Waals surface area contributed by atoms with Gasteiger partial charge in [0, 0.05) is 12.8 Å². The number of carbonyl (C=O) groups excluding carboxylic acids is 2. The summed E-state index contributed by atoms with van der Waals surface area (Å²) in [4.78, 5) is 37.3. The Hall–Kier alpha value is -2.49. The molecule has 0 amide bonds. The quantitative estimate of drug-likeness (QED) is 0.0211. The van der Waals surface area contributed by atoms with Crippen LogP contribution in [0.3, 0.4) is 0 Å². The fourth-order valence-corrected chi connectivity index (χ4v) is 7.80. The van der Waals surface area contributed by atoms with Crippen molar-refractivity contribution < 1.29 is 42.9 Å². The van der Waals surface area contributed by atoms with Crippen molar-refractivity contribution in [2.24, 2.45) is 0 Å². The number of allylic oxidation sites excluding steroid dienone is 6. The average molecular weight is 933 g/mol. The Morgan fingerprint density at radius 2 is 0.818 bits per heavy atom. The van der Waals surface area contributed by atoms with Crippen LogP contribution >= 0.6 is 0 Å². The SMILES string of the molecule is CCCCCCC/C=C\C/C=C\CCCCCCCCCCCCCCCCCC(=O)OC(COC(=O)CCCCCCC/C=C\CCCCCCC)COC(OCC[N+](C)(C)C)C(=O)O. The second-order valence-electron chi connectivity index (χ2n) is 19.9. The number of nitrogens with zero attached hydrogens (tertiary/aromatic N) is 1. The van der Waals surface area contributed by atoms with Crippen LogP contribution in [-0.2, 0) is 33.3 Å². The van der Waals surface area contributed by atoms with E-state index in [1.54, 1.807) is 0 Å². The predicted molar refractivity (Wildman–Crippen MR) is 277 cm³/mol. The number of unbranched alkanes of at least 4 members (excludes halogenated alkanes) is 30. The molecule has 0 aliphatic rings. The highest BCUT2D eigenvalue weighted by molar-refractivity contribution is 5.71. The lowest BCUT2D eigenvalue weighted by atomic mass is 10.0. The number of carbonyl (C=O) groups is 3. The van der Waals surface area contributed by atoms with Crippen molar-refractivity contribution >= 4 is 17.9 Å². The molecule has 1 N–H and O–H groups in total. The third kappa shape index (κ3) is 49.4. The number of rotatable bonds is 51. The third-order valence-corrected chi connectivity index (χ3v) is 12.1. The van der Waals surface area contributed by atoms with Crippen molar-refractivity contribution in [1.82, 2.24) is 0 Å². The van der Waals surface area contributed by atoms with E-state index < -0.39 is 24.3 Å². The van der Waals surface area contributed by atoms with Gasteiger partial charge in [0.25, 0.3) is 6.29 Å². The van der Waals surface area contributed by atoms with E-state index in [4.69, 9.17) is 18.9 Å². The molecule has 66 heavy (non-hydrogen) atoms. The zero-order valence-corrected chi connectivity index (χ0v) is 43.9. The lowest BCUT2D eigenvalue weighted by Crippen LogP contribution is -2.40. The second-order valence-corrected chi connectivity index (χ2v) is 19.9. The van der Waals surface area contributed by atoms with E-state index in [0.29, 0.717) is 17.4 Å². The Morgan fingerprint density at radius 1 is 0.455 bits per heavy atom. The van der Waals surface area contributed by atoms with Gasteiger partial charge in [-0.2, -0.15) is 0 Å². The van der Waals surface area contributed by atoms with Gasteiger partial charge in [-0.15, -0.1) is 0 Å². The lowest BCUT2D eigenvalue weighted by molar-refractivity contribution is -0.870. The molecule has 386 valence electrons. The summed E-state index contributed by atoms with van der Waals surface area (Å²) in [6.45, 7) is 4.87. The molecule has 0 saturated carbocycles. The number of likely N-dealkylation sites (N-methyl/N-ethyl adjacent to an activating group) is 1. The van der Waals surface area contributed by atoms with Gasteiger partial charge in [0.05, 0.1) is 34.4 Å². The van der Waals surface area contributed by atoms with Gasteiger partial charge >= 0.3 is 17.9 Å². The van der Waals surface area contributed by atoms with Crippen LogP contribution in [0.1, 0.15) is 251 Å². The van der Waals surface area contributed by atoms with E-state index in [1.165, 1.54) is 161 Å². The molecule has 0 aromatic heterocycles. The van der Waals surface area contributed by atoms with Gasteiger partial charge < -0.3 is 28.5 Å². The summed E-state index contributed by atoms with van der Waals surface area (Å²) in [6, 6.07) is 0. The summed E-state index contributed by atoms with van der Waals surface area (Å²) in [6.07, 6.45) is 55.0. The molecular weight excluding hydrogens is 827 g/mol. The van der Waals surface area contributed by atoms with Gasteiger partial charge in [0.2, 0.25) is 0 Å². The standard InChI is InChI=1S/C57H105NO8/c1-6-8-10-12-14-16-18-20-22-23-24-25-26-27-28-29-30-31-32-33-34-36-38-40-42-44-46-48-55(60)66-53(52-65-57(56(61)62)63-50-49-58(3,4)5)51-64-54(59)47-45-43-41-39-37-35-21-19-17-15-13-11-9-7-2/h18-21,23-24,53,57H,6-17,22,25-52H2,1-5H3/p+1/b20-18-,21-19-,24-23-. The van der Waals surface area contributed by atoms with Crippen molar-refractivity contribution in [1.29, 1.82) is 0 Å². The van der Waals surface area contributed by atoms with E-state index in [0.717, 1.165) is 64.2 Å². The van der Waals surface area contributed by atoms with Crippen molar-refractivity contribution in [3.8, 4) is 0 Å². The molecule has 0 saturated heterocycles. The van der Waals surface area contributed by atoms with Crippen LogP contribution in [0.15, 0.2) is 36.5 Å². The van der Waals surface area contributed by atoms with Gasteiger partial charge in [-0.1, -0.05) is 204 Å². The number of ether oxygens (including phenoxy) is 4. The zero-order chi connectivity index (χ0) is 48.4. The number of carboxylic acids is 1. The maximum absolute atomic E-state index is 12.8. The largest absolute Gasteiger partial charge is 0.477 e. The monoisotopic (exact) mass is 933 g/mol. The van der Waals surface area contributed by atoms with Crippen LogP contribution in [0.4, 0.5) is 0 Å². The summed E-state index contributed by atoms with van der Waals surface area (Å²) in [5, 5.41) is 9.68. The van der Waals surface area contributed by atoms with E-state index >= 15 is 0 Å².